The van der Waals surface area contributed by atoms with Crippen LogP contribution in [0.3, 0.4) is 0 Å². The number of aromatic nitrogens is 3. The van der Waals surface area contributed by atoms with Crippen LogP contribution in [-0.2, 0) is 4.74 Å². The Bertz CT molecular complexity index is 353. The number of nitrogens with zero attached hydrogens (tertiary/aromatic N) is 4. The van der Waals surface area contributed by atoms with Gasteiger partial charge in [0.1, 0.15) is 0 Å². The van der Waals surface area contributed by atoms with E-state index in [9.17, 15) is 5.11 Å². The van der Waals surface area contributed by atoms with Crippen molar-refractivity contribution in [2.24, 2.45) is 0 Å². The van der Waals surface area contributed by atoms with Gasteiger partial charge in [0.15, 0.2) is 11.0 Å². The van der Waals surface area contributed by atoms with Crippen LogP contribution in [0.1, 0.15) is 0 Å². The van der Waals surface area contributed by atoms with E-state index < -0.39 is 6.10 Å². The molecule has 0 spiro atoms. The van der Waals surface area contributed by atoms with Crippen molar-refractivity contribution in [2.45, 2.75) is 6.10 Å². The summed E-state index contributed by atoms with van der Waals surface area (Å²) >= 11 is 11.4. The standard InChI is InChI=1S/C8H12Cl2N4O2/c1-14(3-5(15)4-16-2)7-6(9)12-13-8(10)11-7/h5,15H,3-4H2,1-2H3. The van der Waals surface area contributed by atoms with E-state index in [1.54, 1.807) is 11.9 Å². The number of methoxy groups -OCH3 is 1. The lowest BCUT2D eigenvalue weighted by atomic mass is 10.3. The Labute approximate surface area is 103 Å². The van der Waals surface area contributed by atoms with Crippen LogP contribution in [0.4, 0.5) is 5.82 Å². The summed E-state index contributed by atoms with van der Waals surface area (Å²) in [5.74, 6) is 0.372. The average Bonchev–Trinajstić information content (AvgIpc) is 2.21. The SMILES string of the molecule is COCC(O)CN(C)c1nc(Cl)nnc1Cl. The molecule has 1 rings (SSSR count). The predicted octanol–water partition coefficient (Wildman–Crippen LogP) is 0.622. The first-order chi connectivity index (χ1) is 7.54. The molecule has 0 aliphatic heterocycles. The first kappa shape index (κ1) is 13.4. The molecule has 1 unspecified atom stereocenters. The lowest BCUT2D eigenvalue weighted by Crippen LogP contribution is -2.32. The number of likely N-dealkylation sites (N-methyl/N-ethyl adjacent to an activating group) is 1. The second-order valence-corrected chi connectivity index (χ2v) is 3.88. The predicted molar refractivity (Wildman–Crippen MR) is 61.0 cm³/mol. The number of anilines is 1. The van der Waals surface area contributed by atoms with Gasteiger partial charge in [0.05, 0.1) is 12.7 Å². The zero-order chi connectivity index (χ0) is 12.1. The highest BCUT2D eigenvalue weighted by Crippen LogP contribution is 2.20. The number of rotatable bonds is 5. The fourth-order valence-electron chi connectivity index (χ4n) is 1.18. The van der Waals surface area contributed by atoms with Crippen LogP contribution >= 0.6 is 23.2 Å². The minimum absolute atomic E-state index is 0.00693. The van der Waals surface area contributed by atoms with Crippen molar-refractivity contribution in [1.82, 2.24) is 15.2 Å². The molecular formula is C8H12Cl2N4O2. The molecule has 0 bridgehead atoms. The van der Waals surface area contributed by atoms with Gasteiger partial charge in [-0.05, 0) is 11.6 Å². The molecule has 0 radical (unpaired) electrons. The highest BCUT2D eigenvalue weighted by atomic mass is 35.5. The van der Waals surface area contributed by atoms with Crippen LogP contribution in [0, 0.1) is 0 Å². The van der Waals surface area contributed by atoms with Crippen LogP contribution in [0.5, 0.6) is 0 Å². The topological polar surface area (TPSA) is 71.4 Å². The van der Waals surface area contributed by atoms with Crippen molar-refractivity contribution in [3.8, 4) is 0 Å². The monoisotopic (exact) mass is 266 g/mol. The largest absolute Gasteiger partial charge is 0.389 e. The van der Waals surface area contributed by atoms with Crippen molar-refractivity contribution < 1.29 is 9.84 Å². The summed E-state index contributed by atoms with van der Waals surface area (Å²) in [6.07, 6.45) is -0.639. The number of hydrogen-bond donors (Lipinski definition) is 1. The Morgan fingerprint density at radius 1 is 1.44 bits per heavy atom. The Kier molecular flexibility index (Phi) is 5.14. The third kappa shape index (κ3) is 3.71. The van der Waals surface area contributed by atoms with Gasteiger partial charge in [0.2, 0.25) is 5.28 Å². The molecule has 0 aliphatic carbocycles. The van der Waals surface area contributed by atoms with E-state index >= 15 is 0 Å². The number of aliphatic hydroxyl groups is 1. The molecular weight excluding hydrogens is 255 g/mol. The first-order valence-corrected chi connectivity index (χ1v) is 5.24. The fourth-order valence-corrected chi connectivity index (χ4v) is 1.52. The van der Waals surface area contributed by atoms with E-state index in [0.29, 0.717) is 12.4 Å². The molecule has 1 atom stereocenters. The highest BCUT2D eigenvalue weighted by Gasteiger charge is 2.14. The van der Waals surface area contributed by atoms with Gasteiger partial charge in [-0.1, -0.05) is 11.6 Å². The van der Waals surface area contributed by atoms with Crippen molar-refractivity contribution in [2.75, 3.05) is 32.2 Å². The summed E-state index contributed by atoms with van der Waals surface area (Å²) in [6, 6.07) is 0. The minimum atomic E-state index is -0.639. The summed E-state index contributed by atoms with van der Waals surface area (Å²) in [4.78, 5) is 5.55. The maximum Gasteiger partial charge on any atom is 0.245 e. The molecule has 90 valence electrons. The molecule has 1 N–H and O–H groups in total. The van der Waals surface area contributed by atoms with E-state index in [4.69, 9.17) is 27.9 Å². The van der Waals surface area contributed by atoms with Crippen molar-refractivity contribution in [3.63, 3.8) is 0 Å². The summed E-state index contributed by atoms with van der Waals surface area (Å²) in [5, 5.41) is 16.8. The van der Waals surface area contributed by atoms with E-state index in [1.807, 2.05) is 0 Å². The van der Waals surface area contributed by atoms with E-state index in [1.165, 1.54) is 7.11 Å². The van der Waals surface area contributed by atoms with E-state index in [-0.39, 0.29) is 17.0 Å². The van der Waals surface area contributed by atoms with Gasteiger partial charge in [0.25, 0.3) is 0 Å². The molecule has 16 heavy (non-hydrogen) atoms. The van der Waals surface area contributed by atoms with Crippen LogP contribution in [-0.4, -0.2) is 53.7 Å². The average molecular weight is 267 g/mol. The first-order valence-electron chi connectivity index (χ1n) is 4.48. The second kappa shape index (κ2) is 6.15. The fraction of sp³-hybridized carbons (Fsp3) is 0.625. The zero-order valence-electron chi connectivity index (χ0n) is 8.89. The summed E-state index contributed by atoms with van der Waals surface area (Å²) in [6.45, 7) is 0.538. The third-order valence-corrected chi connectivity index (χ3v) is 2.21. The molecule has 1 aromatic rings. The molecule has 0 aromatic carbocycles. The summed E-state index contributed by atoms with van der Waals surface area (Å²) in [7, 11) is 3.23. The summed E-state index contributed by atoms with van der Waals surface area (Å²) in [5.41, 5.74) is 0. The van der Waals surface area contributed by atoms with E-state index in [0.717, 1.165) is 0 Å². The Hall–Kier alpha value is -0.690. The van der Waals surface area contributed by atoms with Gasteiger partial charge in [-0.25, -0.2) is 0 Å². The number of aliphatic hydroxyl groups excluding tert-OH is 1. The molecule has 0 saturated heterocycles. The number of halogens is 2. The van der Waals surface area contributed by atoms with E-state index in [2.05, 4.69) is 15.2 Å². The molecule has 0 fully saturated rings. The van der Waals surface area contributed by atoms with Crippen molar-refractivity contribution in [1.29, 1.82) is 0 Å². The number of ether oxygens (including phenoxy) is 1. The molecule has 6 nitrogen and oxygen atoms in total. The summed E-state index contributed by atoms with van der Waals surface area (Å²) < 4.78 is 4.81. The van der Waals surface area contributed by atoms with Gasteiger partial charge < -0.3 is 14.7 Å². The van der Waals surface area contributed by atoms with Gasteiger partial charge in [0, 0.05) is 20.7 Å². The quantitative estimate of drug-likeness (QED) is 0.843. The lowest BCUT2D eigenvalue weighted by Gasteiger charge is -2.21. The lowest BCUT2D eigenvalue weighted by molar-refractivity contribution is 0.0694. The smallest absolute Gasteiger partial charge is 0.245 e. The Balaban J connectivity index is 2.72. The highest BCUT2D eigenvalue weighted by molar-refractivity contribution is 6.32. The molecule has 0 amide bonds. The Morgan fingerprint density at radius 2 is 2.12 bits per heavy atom. The molecule has 0 saturated carbocycles. The van der Waals surface area contributed by atoms with Crippen LogP contribution in [0.2, 0.25) is 10.4 Å². The molecule has 1 heterocycles. The Morgan fingerprint density at radius 3 is 2.75 bits per heavy atom. The maximum absolute atomic E-state index is 9.53. The maximum atomic E-state index is 9.53. The van der Waals surface area contributed by atoms with Crippen molar-refractivity contribution in [3.05, 3.63) is 10.4 Å². The van der Waals surface area contributed by atoms with Gasteiger partial charge in [-0.15, -0.1) is 10.2 Å². The van der Waals surface area contributed by atoms with Crippen LogP contribution in [0.25, 0.3) is 0 Å². The van der Waals surface area contributed by atoms with Gasteiger partial charge >= 0.3 is 0 Å². The minimum Gasteiger partial charge on any atom is -0.389 e. The van der Waals surface area contributed by atoms with Gasteiger partial charge in [-0.2, -0.15) is 4.98 Å². The van der Waals surface area contributed by atoms with Gasteiger partial charge in [-0.3, -0.25) is 0 Å². The zero-order valence-corrected chi connectivity index (χ0v) is 10.4. The normalized spacial score (nSPS) is 12.6. The molecule has 1 aromatic heterocycles. The molecule has 8 heteroatoms. The molecule has 0 aliphatic rings. The van der Waals surface area contributed by atoms with Crippen LogP contribution in [0.15, 0.2) is 0 Å². The number of hydrogen-bond acceptors (Lipinski definition) is 6. The second-order valence-electron chi connectivity index (χ2n) is 3.18. The third-order valence-electron chi connectivity index (χ3n) is 1.81. The van der Waals surface area contributed by atoms with Crippen molar-refractivity contribution >= 4 is 29.0 Å². The van der Waals surface area contributed by atoms with Crippen LogP contribution < -0.4 is 4.90 Å².